The fourth-order valence-electron chi connectivity index (χ4n) is 1.77. The molecule has 0 aromatic heterocycles. The lowest BCUT2D eigenvalue weighted by molar-refractivity contribution is 1.43. The molecule has 0 nitrogen and oxygen atoms in total. The van der Waals surface area contributed by atoms with Gasteiger partial charge in [0.2, 0.25) is 0 Å². The second-order valence-electron chi connectivity index (χ2n) is 4.44. The highest BCUT2D eigenvalue weighted by molar-refractivity contribution is 5.67. The first-order valence-electron chi connectivity index (χ1n) is 6.55. The number of allylic oxidation sites excluding steroid dienone is 3. The highest BCUT2D eigenvalue weighted by atomic mass is 14.0. The molecule has 0 radical (unpaired) electrons. The van der Waals surface area contributed by atoms with E-state index in [4.69, 9.17) is 0 Å². The van der Waals surface area contributed by atoms with Crippen LogP contribution in [0.25, 0.3) is 11.1 Å². The molecule has 0 saturated heterocycles. The van der Waals surface area contributed by atoms with Crippen molar-refractivity contribution in [3.8, 4) is 11.1 Å². The van der Waals surface area contributed by atoms with Crippen LogP contribution in [0.2, 0.25) is 0 Å². The van der Waals surface area contributed by atoms with E-state index < -0.39 is 0 Å². The van der Waals surface area contributed by atoms with Crippen LogP contribution in [-0.2, 0) is 0 Å². The molecule has 0 unspecified atom stereocenters. The van der Waals surface area contributed by atoms with Gasteiger partial charge in [-0.3, -0.25) is 0 Å². The molecule has 0 saturated carbocycles. The van der Waals surface area contributed by atoms with E-state index in [1.54, 1.807) is 6.08 Å². The van der Waals surface area contributed by atoms with E-state index >= 15 is 0 Å². The molecule has 0 heteroatoms. The molecule has 0 aliphatic rings. The molecule has 0 fully saturated rings. The van der Waals surface area contributed by atoms with Gasteiger partial charge in [0.15, 0.2) is 0 Å². The quantitative estimate of drug-likeness (QED) is 0.598. The predicted molar refractivity (Wildman–Crippen MR) is 86.4 cm³/mol. The highest BCUT2D eigenvalue weighted by Gasteiger charge is 1.98. The third-order valence-corrected chi connectivity index (χ3v) is 2.84. The van der Waals surface area contributed by atoms with Crippen LogP contribution in [0.3, 0.4) is 0 Å². The van der Waals surface area contributed by atoms with E-state index in [1.165, 1.54) is 22.3 Å². The molecule has 0 spiro atoms. The van der Waals surface area contributed by atoms with Gasteiger partial charge in [0.25, 0.3) is 0 Å². The molecular formula is C19H22. The van der Waals surface area contributed by atoms with Crippen LogP contribution in [0.4, 0.5) is 0 Å². The lowest BCUT2D eigenvalue weighted by Gasteiger charge is -2.05. The van der Waals surface area contributed by atoms with Crippen molar-refractivity contribution in [2.45, 2.75) is 20.8 Å². The van der Waals surface area contributed by atoms with E-state index in [0.29, 0.717) is 0 Å². The first-order valence-corrected chi connectivity index (χ1v) is 6.55. The maximum Gasteiger partial charge on any atom is -0.0155 e. The summed E-state index contributed by atoms with van der Waals surface area (Å²) in [5, 5.41) is 0. The van der Waals surface area contributed by atoms with E-state index in [9.17, 15) is 0 Å². The summed E-state index contributed by atoms with van der Waals surface area (Å²) in [5.41, 5.74) is 5.26. The number of benzene rings is 2. The Morgan fingerprint density at radius 1 is 0.895 bits per heavy atom. The SMILES string of the molecule is C=C/C=C\C.Cc1ccc(-c2ccccc2C)cc1. The maximum absolute atomic E-state index is 3.46. The van der Waals surface area contributed by atoms with Crippen LogP contribution in [0.1, 0.15) is 18.1 Å². The summed E-state index contributed by atoms with van der Waals surface area (Å²) in [6.45, 7) is 9.68. The number of rotatable bonds is 2. The van der Waals surface area contributed by atoms with Crippen molar-refractivity contribution in [3.05, 3.63) is 84.5 Å². The smallest absolute Gasteiger partial charge is 0.0155 e. The summed E-state index contributed by atoms with van der Waals surface area (Å²) < 4.78 is 0. The Balaban J connectivity index is 0.000000312. The molecule has 2 aromatic carbocycles. The van der Waals surface area contributed by atoms with Gasteiger partial charge < -0.3 is 0 Å². The summed E-state index contributed by atoms with van der Waals surface area (Å²) in [5.74, 6) is 0. The molecule has 0 heterocycles. The fourth-order valence-corrected chi connectivity index (χ4v) is 1.77. The molecule has 0 aliphatic heterocycles. The number of hydrogen-bond acceptors (Lipinski definition) is 0. The second kappa shape index (κ2) is 8.10. The molecular weight excluding hydrogens is 228 g/mol. The van der Waals surface area contributed by atoms with Crippen LogP contribution in [0, 0.1) is 13.8 Å². The van der Waals surface area contributed by atoms with Gasteiger partial charge in [-0.1, -0.05) is 78.9 Å². The lowest BCUT2D eigenvalue weighted by atomic mass is 10.00. The van der Waals surface area contributed by atoms with Crippen molar-refractivity contribution in [2.75, 3.05) is 0 Å². The van der Waals surface area contributed by atoms with Crippen molar-refractivity contribution in [1.82, 2.24) is 0 Å². The Hall–Kier alpha value is -2.08. The Labute approximate surface area is 117 Å². The molecule has 19 heavy (non-hydrogen) atoms. The third kappa shape index (κ3) is 4.97. The maximum atomic E-state index is 3.46. The monoisotopic (exact) mass is 250 g/mol. The Bertz CT molecular complexity index is 530. The van der Waals surface area contributed by atoms with E-state index in [0.717, 1.165) is 0 Å². The summed E-state index contributed by atoms with van der Waals surface area (Å²) in [6.07, 6.45) is 5.58. The highest BCUT2D eigenvalue weighted by Crippen LogP contribution is 2.22. The van der Waals surface area contributed by atoms with Crippen molar-refractivity contribution < 1.29 is 0 Å². The van der Waals surface area contributed by atoms with Gasteiger partial charge in [-0.2, -0.15) is 0 Å². The Morgan fingerprint density at radius 2 is 1.53 bits per heavy atom. The summed E-state index contributed by atoms with van der Waals surface area (Å²) in [7, 11) is 0. The zero-order valence-corrected chi connectivity index (χ0v) is 12.1. The van der Waals surface area contributed by atoms with E-state index in [1.807, 2.05) is 19.1 Å². The summed E-state index contributed by atoms with van der Waals surface area (Å²) in [4.78, 5) is 0. The van der Waals surface area contributed by atoms with E-state index in [2.05, 4.69) is 69.0 Å². The second-order valence-corrected chi connectivity index (χ2v) is 4.44. The van der Waals surface area contributed by atoms with Gasteiger partial charge in [-0.05, 0) is 37.5 Å². The standard InChI is InChI=1S/C14H14.C5H8/c1-11-7-9-13(10-8-11)14-6-4-3-5-12(14)2;1-3-5-4-2/h3-10H,1-2H3;3-5H,1H2,2H3/b;5-4-. The minimum Gasteiger partial charge on any atom is -0.0991 e. The first-order chi connectivity index (χ1) is 9.19. The van der Waals surface area contributed by atoms with Crippen LogP contribution < -0.4 is 0 Å². The molecule has 98 valence electrons. The van der Waals surface area contributed by atoms with Gasteiger partial charge in [0.1, 0.15) is 0 Å². The van der Waals surface area contributed by atoms with Gasteiger partial charge in [0, 0.05) is 0 Å². The van der Waals surface area contributed by atoms with Gasteiger partial charge >= 0.3 is 0 Å². The van der Waals surface area contributed by atoms with Gasteiger partial charge in [0.05, 0.1) is 0 Å². The molecule has 0 atom stereocenters. The number of aryl methyl sites for hydroxylation is 2. The van der Waals surface area contributed by atoms with Crippen LogP contribution in [-0.4, -0.2) is 0 Å². The Kier molecular flexibility index (Phi) is 6.38. The fraction of sp³-hybridized carbons (Fsp3) is 0.158. The summed E-state index contributed by atoms with van der Waals surface area (Å²) >= 11 is 0. The predicted octanol–water partition coefficient (Wildman–Crippen LogP) is 5.72. The van der Waals surface area contributed by atoms with Gasteiger partial charge in [-0.25, -0.2) is 0 Å². The molecule has 0 aliphatic carbocycles. The largest absolute Gasteiger partial charge is 0.0991 e. The molecule has 0 amide bonds. The third-order valence-electron chi connectivity index (χ3n) is 2.84. The van der Waals surface area contributed by atoms with Crippen LogP contribution in [0.5, 0.6) is 0 Å². The normalized spacial score (nSPS) is 9.84. The van der Waals surface area contributed by atoms with Crippen LogP contribution >= 0.6 is 0 Å². The van der Waals surface area contributed by atoms with Crippen molar-refractivity contribution >= 4 is 0 Å². The average molecular weight is 250 g/mol. The minimum atomic E-state index is 1.30. The topological polar surface area (TPSA) is 0 Å². The van der Waals surface area contributed by atoms with E-state index in [-0.39, 0.29) is 0 Å². The molecule has 0 bridgehead atoms. The van der Waals surface area contributed by atoms with Gasteiger partial charge in [-0.15, -0.1) is 0 Å². The lowest BCUT2D eigenvalue weighted by Crippen LogP contribution is -1.82. The Morgan fingerprint density at radius 3 is 2.00 bits per heavy atom. The zero-order valence-electron chi connectivity index (χ0n) is 12.1. The summed E-state index contributed by atoms with van der Waals surface area (Å²) in [6, 6.07) is 17.1. The number of hydrogen-bond donors (Lipinski definition) is 0. The van der Waals surface area contributed by atoms with Crippen molar-refractivity contribution in [3.63, 3.8) is 0 Å². The first kappa shape index (κ1) is 15.0. The van der Waals surface area contributed by atoms with Crippen molar-refractivity contribution in [1.29, 1.82) is 0 Å². The average Bonchev–Trinajstić information content (AvgIpc) is 2.42. The molecule has 2 aromatic rings. The molecule has 2 rings (SSSR count). The minimum absolute atomic E-state index is 1.30. The molecule has 0 N–H and O–H groups in total. The van der Waals surface area contributed by atoms with Crippen LogP contribution in [0.15, 0.2) is 73.3 Å². The zero-order chi connectivity index (χ0) is 14.1. The van der Waals surface area contributed by atoms with Crippen molar-refractivity contribution in [2.24, 2.45) is 0 Å².